The molecule has 1 aliphatic carbocycles. The van der Waals surface area contributed by atoms with E-state index < -0.39 is 5.54 Å². The van der Waals surface area contributed by atoms with Gasteiger partial charge in [-0.15, -0.1) is 0 Å². The molecule has 4 heteroatoms. The number of hydrogen-bond donors (Lipinski definition) is 1. The van der Waals surface area contributed by atoms with Gasteiger partial charge in [-0.2, -0.15) is 0 Å². The molecule has 21 heavy (non-hydrogen) atoms. The number of nitrogens with zero attached hydrogens (tertiary/aromatic N) is 1. The third kappa shape index (κ3) is 5.95. The third-order valence-corrected chi connectivity index (χ3v) is 4.87. The molecule has 0 amide bonds. The van der Waals surface area contributed by atoms with Crippen molar-refractivity contribution >= 4 is 5.97 Å². The van der Waals surface area contributed by atoms with Crippen LogP contribution < -0.4 is 5.32 Å². The Morgan fingerprint density at radius 2 is 2.05 bits per heavy atom. The molecule has 1 rings (SSSR count). The largest absolute Gasteiger partial charge is 0.465 e. The Morgan fingerprint density at radius 1 is 1.33 bits per heavy atom. The van der Waals surface area contributed by atoms with Gasteiger partial charge in [-0.05, 0) is 72.0 Å². The molecule has 0 spiro atoms. The van der Waals surface area contributed by atoms with E-state index in [2.05, 4.69) is 17.1 Å². The van der Waals surface area contributed by atoms with Gasteiger partial charge in [0.1, 0.15) is 5.54 Å². The molecule has 0 bridgehead atoms. The summed E-state index contributed by atoms with van der Waals surface area (Å²) in [5.41, 5.74) is -0.541. The molecule has 124 valence electrons. The lowest BCUT2D eigenvalue weighted by atomic mass is 9.85. The lowest BCUT2D eigenvalue weighted by Crippen LogP contribution is -2.48. The van der Waals surface area contributed by atoms with Crippen molar-refractivity contribution in [2.24, 2.45) is 5.92 Å². The molecule has 0 aromatic heterocycles. The van der Waals surface area contributed by atoms with Gasteiger partial charge in [-0.3, -0.25) is 4.79 Å². The Balaban J connectivity index is 2.24. The normalized spacial score (nSPS) is 18.3. The summed E-state index contributed by atoms with van der Waals surface area (Å²) in [5, 5.41) is 3.13. The van der Waals surface area contributed by atoms with Crippen LogP contribution in [0.1, 0.15) is 59.3 Å². The van der Waals surface area contributed by atoms with E-state index in [1.54, 1.807) is 0 Å². The molecule has 0 aromatic rings. The number of carbonyl (C=O) groups is 1. The summed E-state index contributed by atoms with van der Waals surface area (Å²) in [6.07, 6.45) is 7.29. The van der Waals surface area contributed by atoms with Gasteiger partial charge in [0.15, 0.2) is 0 Å². The highest BCUT2D eigenvalue weighted by Gasteiger charge is 2.32. The van der Waals surface area contributed by atoms with Crippen LogP contribution in [0.15, 0.2) is 0 Å². The number of unbranched alkanes of at least 4 members (excludes halogenated alkanes) is 1. The average molecular weight is 298 g/mol. The van der Waals surface area contributed by atoms with Crippen LogP contribution in [-0.2, 0) is 9.53 Å². The third-order valence-electron chi connectivity index (χ3n) is 4.87. The average Bonchev–Trinajstić information content (AvgIpc) is 2.44. The van der Waals surface area contributed by atoms with Crippen LogP contribution in [0.2, 0.25) is 0 Å². The molecule has 0 radical (unpaired) electrons. The van der Waals surface area contributed by atoms with Crippen molar-refractivity contribution in [3.8, 4) is 0 Å². The first-order valence-electron chi connectivity index (χ1n) is 8.64. The smallest absolute Gasteiger partial charge is 0.326 e. The molecule has 0 saturated heterocycles. The van der Waals surface area contributed by atoms with E-state index in [9.17, 15) is 4.79 Å². The van der Waals surface area contributed by atoms with Crippen LogP contribution in [-0.4, -0.2) is 49.7 Å². The number of carbonyl (C=O) groups excluding carboxylic acids is 1. The molecule has 0 heterocycles. The molecular formula is C17H34N2O2. The van der Waals surface area contributed by atoms with Crippen LogP contribution in [0.3, 0.4) is 0 Å². The number of rotatable bonds is 11. The number of esters is 1. The Morgan fingerprint density at radius 3 is 2.52 bits per heavy atom. The van der Waals surface area contributed by atoms with Crippen molar-refractivity contribution in [1.82, 2.24) is 10.2 Å². The highest BCUT2D eigenvalue weighted by Crippen LogP contribution is 2.27. The predicted molar refractivity (Wildman–Crippen MR) is 87.4 cm³/mol. The van der Waals surface area contributed by atoms with E-state index >= 15 is 0 Å². The van der Waals surface area contributed by atoms with E-state index in [0.717, 1.165) is 38.3 Å². The van der Waals surface area contributed by atoms with Gasteiger partial charge in [-0.1, -0.05) is 13.3 Å². The molecule has 0 aliphatic heterocycles. The van der Waals surface area contributed by atoms with Crippen molar-refractivity contribution in [1.29, 1.82) is 0 Å². The zero-order valence-corrected chi connectivity index (χ0v) is 14.4. The van der Waals surface area contributed by atoms with E-state index in [0.29, 0.717) is 6.61 Å². The Labute approximate surface area is 130 Å². The van der Waals surface area contributed by atoms with Gasteiger partial charge in [0.25, 0.3) is 0 Å². The minimum atomic E-state index is -0.541. The Kier molecular flexibility index (Phi) is 8.27. The number of likely N-dealkylation sites (N-methyl/N-ethyl adjacent to an activating group) is 1. The van der Waals surface area contributed by atoms with E-state index in [4.69, 9.17) is 4.74 Å². The number of ether oxygens (including phenoxy) is 1. The summed E-state index contributed by atoms with van der Waals surface area (Å²) in [6.45, 7) is 10.0. The minimum Gasteiger partial charge on any atom is -0.465 e. The van der Waals surface area contributed by atoms with E-state index in [1.165, 1.54) is 25.8 Å². The summed E-state index contributed by atoms with van der Waals surface area (Å²) in [5.74, 6) is 0.807. The summed E-state index contributed by atoms with van der Waals surface area (Å²) in [6, 6.07) is 0. The van der Waals surface area contributed by atoms with Gasteiger partial charge in [0.05, 0.1) is 6.61 Å². The second kappa shape index (κ2) is 9.42. The van der Waals surface area contributed by atoms with E-state index in [1.807, 2.05) is 20.9 Å². The maximum Gasteiger partial charge on any atom is 0.326 e. The Hall–Kier alpha value is -0.610. The maximum atomic E-state index is 12.0. The minimum absolute atomic E-state index is 0.130. The highest BCUT2D eigenvalue weighted by molar-refractivity contribution is 5.80. The fourth-order valence-corrected chi connectivity index (χ4v) is 2.85. The second-order valence-corrected chi connectivity index (χ2v) is 6.45. The topological polar surface area (TPSA) is 41.6 Å². The number of hydrogen-bond acceptors (Lipinski definition) is 4. The Bertz CT molecular complexity index is 305. The molecule has 1 atom stereocenters. The number of nitrogens with one attached hydrogen (secondary N) is 1. The summed E-state index contributed by atoms with van der Waals surface area (Å²) in [7, 11) is 1.84. The molecule has 1 unspecified atom stereocenters. The monoisotopic (exact) mass is 298 g/mol. The lowest BCUT2D eigenvalue weighted by molar-refractivity contribution is -0.150. The van der Waals surface area contributed by atoms with Crippen LogP contribution in [0.25, 0.3) is 0 Å². The SMILES string of the molecule is CCOC(=O)C(C)(CCCCN(CC)CC1CCC1)NC. The van der Waals surface area contributed by atoms with Crippen LogP contribution in [0, 0.1) is 5.92 Å². The quantitative estimate of drug-likeness (QED) is 0.470. The first kappa shape index (κ1) is 18.4. The van der Waals surface area contributed by atoms with Crippen LogP contribution >= 0.6 is 0 Å². The molecule has 1 aliphatic rings. The van der Waals surface area contributed by atoms with Crippen LogP contribution in [0.4, 0.5) is 0 Å². The lowest BCUT2D eigenvalue weighted by Gasteiger charge is -2.32. The highest BCUT2D eigenvalue weighted by atomic mass is 16.5. The van der Waals surface area contributed by atoms with Gasteiger partial charge < -0.3 is 15.0 Å². The molecule has 1 N–H and O–H groups in total. The van der Waals surface area contributed by atoms with Gasteiger partial charge in [0, 0.05) is 6.54 Å². The summed E-state index contributed by atoms with van der Waals surface area (Å²) < 4.78 is 5.16. The van der Waals surface area contributed by atoms with E-state index in [-0.39, 0.29) is 5.97 Å². The van der Waals surface area contributed by atoms with Crippen molar-refractivity contribution < 1.29 is 9.53 Å². The van der Waals surface area contributed by atoms with Crippen molar-refractivity contribution in [3.63, 3.8) is 0 Å². The standard InChI is InChI=1S/C17H34N2O2/c1-5-19(14-15-10-9-11-15)13-8-7-12-17(3,18-4)16(20)21-6-2/h15,18H,5-14H2,1-4H3. The summed E-state index contributed by atoms with van der Waals surface area (Å²) in [4.78, 5) is 14.5. The van der Waals surface area contributed by atoms with Crippen LogP contribution in [0.5, 0.6) is 0 Å². The molecule has 0 aromatic carbocycles. The molecular weight excluding hydrogens is 264 g/mol. The van der Waals surface area contributed by atoms with Crippen molar-refractivity contribution in [2.45, 2.75) is 64.8 Å². The first-order chi connectivity index (χ1) is 10.1. The molecule has 1 fully saturated rings. The fourth-order valence-electron chi connectivity index (χ4n) is 2.85. The molecule has 1 saturated carbocycles. The molecule has 4 nitrogen and oxygen atoms in total. The van der Waals surface area contributed by atoms with Crippen molar-refractivity contribution in [2.75, 3.05) is 33.3 Å². The maximum absolute atomic E-state index is 12.0. The summed E-state index contributed by atoms with van der Waals surface area (Å²) >= 11 is 0. The zero-order valence-electron chi connectivity index (χ0n) is 14.4. The second-order valence-electron chi connectivity index (χ2n) is 6.45. The fraction of sp³-hybridized carbons (Fsp3) is 0.941. The predicted octanol–water partition coefficient (Wildman–Crippen LogP) is 2.82. The van der Waals surface area contributed by atoms with Crippen molar-refractivity contribution in [3.05, 3.63) is 0 Å². The van der Waals surface area contributed by atoms with Gasteiger partial charge in [-0.25, -0.2) is 0 Å². The zero-order chi connectivity index (χ0) is 15.7. The first-order valence-corrected chi connectivity index (χ1v) is 8.64. The van der Waals surface area contributed by atoms with Gasteiger partial charge >= 0.3 is 5.97 Å². The van der Waals surface area contributed by atoms with Gasteiger partial charge in [0.2, 0.25) is 0 Å².